The number of aromatic nitrogens is 3. The Morgan fingerprint density at radius 3 is 2.68 bits per heavy atom. The normalized spacial score (nSPS) is 16.7. The summed E-state index contributed by atoms with van der Waals surface area (Å²) >= 11 is 0. The van der Waals surface area contributed by atoms with E-state index >= 15 is 0 Å². The van der Waals surface area contributed by atoms with Crippen molar-refractivity contribution >= 4 is 6.03 Å². The van der Waals surface area contributed by atoms with Gasteiger partial charge < -0.3 is 10.2 Å². The van der Waals surface area contributed by atoms with Crippen molar-refractivity contribution < 1.29 is 4.79 Å². The van der Waals surface area contributed by atoms with Crippen molar-refractivity contribution in [3.63, 3.8) is 0 Å². The zero-order chi connectivity index (χ0) is 19.9. The molecule has 1 fully saturated rings. The van der Waals surface area contributed by atoms with E-state index in [4.69, 9.17) is 0 Å². The number of carbonyl (C=O) groups excluding carboxylic acids is 1. The topological polar surface area (TPSA) is 66.3 Å². The predicted molar refractivity (Wildman–Crippen MR) is 110 cm³/mol. The van der Waals surface area contributed by atoms with Crippen LogP contribution in [-0.2, 0) is 13.1 Å². The highest BCUT2D eigenvalue weighted by atomic mass is 16.2. The number of hydrogen-bond acceptors (Lipinski definition) is 4. The smallest absolute Gasteiger partial charge is 0.317 e. The lowest BCUT2D eigenvalue weighted by Gasteiger charge is -2.34. The number of rotatable bonds is 7. The molecule has 0 aliphatic carbocycles. The second-order valence-electron chi connectivity index (χ2n) is 7.69. The maximum atomic E-state index is 12.6. The van der Waals surface area contributed by atoms with Crippen LogP contribution in [0.2, 0.25) is 0 Å². The molecule has 0 radical (unpaired) electrons. The van der Waals surface area contributed by atoms with Crippen LogP contribution in [0.15, 0.2) is 36.7 Å². The first kappa shape index (κ1) is 20.3. The number of benzene rings is 1. The zero-order valence-electron chi connectivity index (χ0n) is 17.2. The molecular formula is C21H32N6O. The fraction of sp³-hybridized carbons (Fsp3) is 0.571. The van der Waals surface area contributed by atoms with Crippen molar-refractivity contribution in [2.24, 2.45) is 5.92 Å². The van der Waals surface area contributed by atoms with Gasteiger partial charge in [0.1, 0.15) is 12.2 Å². The number of aryl methyl sites for hydroxylation is 1. The molecule has 1 N–H and O–H groups in total. The SMILES string of the molecule is CCn1ncnc1[C@H](C)NC(=O)N(C)CC1CCN(Cc2ccccc2)CC1. The van der Waals surface area contributed by atoms with Crippen LogP contribution in [0.1, 0.15) is 44.1 Å². The van der Waals surface area contributed by atoms with Gasteiger partial charge in [-0.1, -0.05) is 30.3 Å². The molecule has 1 saturated heterocycles. The molecular weight excluding hydrogens is 352 g/mol. The van der Waals surface area contributed by atoms with Gasteiger partial charge in [-0.25, -0.2) is 14.5 Å². The lowest BCUT2D eigenvalue weighted by Crippen LogP contribution is -2.43. The second kappa shape index (κ2) is 9.68. The van der Waals surface area contributed by atoms with E-state index in [2.05, 4.69) is 50.6 Å². The molecule has 1 aromatic carbocycles. The van der Waals surface area contributed by atoms with Gasteiger partial charge in [0.25, 0.3) is 0 Å². The first-order valence-electron chi connectivity index (χ1n) is 10.2. The summed E-state index contributed by atoms with van der Waals surface area (Å²) in [4.78, 5) is 21.2. The molecule has 0 bridgehead atoms. The van der Waals surface area contributed by atoms with E-state index in [1.807, 2.05) is 25.6 Å². The Bertz CT molecular complexity index is 738. The molecule has 2 heterocycles. The number of nitrogens with zero attached hydrogens (tertiary/aromatic N) is 5. The number of nitrogens with one attached hydrogen (secondary N) is 1. The maximum Gasteiger partial charge on any atom is 0.317 e. The molecule has 1 aromatic heterocycles. The molecule has 1 aliphatic heterocycles. The number of likely N-dealkylation sites (tertiary alicyclic amines) is 1. The number of amides is 2. The number of carbonyl (C=O) groups is 1. The molecule has 152 valence electrons. The van der Waals surface area contributed by atoms with E-state index < -0.39 is 0 Å². The summed E-state index contributed by atoms with van der Waals surface area (Å²) in [5.74, 6) is 1.34. The van der Waals surface area contributed by atoms with Crippen LogP contribution in [0.5, 0.6) is 0 Å². The summed E-state index contributed by atoms with van der Waals surface area (Å²) in [6, 6.07) is 10.4. The molecule has 7 nitrogen and oxygen atoms in total. The second-order valence-corrected chi connectivity index (χ2v) is 7.69. The van der Waals surface area contributed by atoms with Gasteiger partial charge >= 0.3 is 6.03 Å². The van der Waals surface area contributed by atoms with Crippen LogP contribution in [0, 0.1) is 5.92 Å². The standard InChI is InChI=1S/C21H32N6O/c1-4-27-20(22-16-23-27)17(2)24-21(28)25(3)14-19-10-12-26(13-11-19)15-18-8-6-5-7-9-18/h5-9,16-17,19H,4,10-15H2,1-3H3,(H,24,28)/t17-/m0/s1. The van der Waals surface area contributed by atoms with Crippen LogP contribution in [0.25, 0.3) is 0 Å². The summed E-state index contributed by atoms with van der Waals surface area (Å²) in [6.45, 7) is 8.69. The van der Waals surface area contributed by atoms with Gasteiger partial charge in [-0.3, -0.25) is 4.90 Å². The van der Waals surface area contributed by atoms with Gasteiger partial charge in [0.05, 0.1) is 6.04 Å². The number of urea groups is 1. The van der Waals surface area contributed by atoms with Crippen LogP contribution in [-0.4, -0.2) is 57.3 Å². The van der Waals surface area contributed by atoms with Crippen molar-refractivity contribution in [1.82, 2.24) is 29.9 Å². The summed E-state index contributed by atoms with van der Waals surface area (Å²) < 4.78 is 1.81. The van der Waals surface area contributed by atoms with E-state index in [1.165, 1.54) is 11.9 Å². The van der Waals surface area contributed by atoms with E-state index in [0.29, 0.717) is 5.92 Å². The Morgan fingerprint density at radius 2 is 2.00 bits per heavy atom. The summed E-state index contributed by atoms with van der Waals surface area (Å²) in [5.41, 5.74) is 1.37. The first-order valence-corrected chi connectivity index (χ1v) is 10.2. The van der Waals surface area contributed by atoms with Crippen molar-refractivity contribution in [3.8, 4) is 0 Å². The van der Waals surface area contributed by atoms with Crippen LogP contribution in [0.4, 0.5) is 4.79 Å². The number of piperidine rings is 1. The highest BCUT2D eigenvalue weighted by Gasteiger charge is 2.23. The van der Waals surface area contributed by atoms with Gasteiger partial charge in [0, 0.05) is 26.7 Å². The van der Waals surface area contributed by atoms with E-state index in [9.17, 15) is 4.79 Å². The minimum Gasteiger partial charge on any atom is -0.328 e. The Morgan fingerprint density at radius 1 is 1.29 bits per heavy atom. The monoisotopic (exact) mass is 384 g/mol. The van der Waals surface area contributed by atoms with Crippen LogP contribution >= 0.6 is 0 Å². The third-order valence-corrected chi connectivity index (χ3v) is 5.51. The fourth-order valence-electron chi connectivity index (χ4n) is 3.85. The average molecular weight is 385 g/mol. The molecule has 28 heavy (non-hydrogen) atoms. The highest BCUT2D eigenvalue weighted by molar-refractivity contribution is 5.74. The largest absolute Gasteiger partial charge is 0.328 e. The third kappa shape index (κ3) is 5.32. The van der Waals surface area contributed by atoms with Gasteiger partial charge in [-0.15, -0.1) is 0 Å². The summed E-state index contributed by atoms with van der Waals surface area (Å²) in [7, 11) is 1.88. The van der Waals surface area contributed by atoms with Gasteiger partial charge in [0.15, 0.2) is 0 Å². The Balaban J connectivity index is 1.42. The first-order chi connectivity index (χ1) is 13.6. The minimum atomic E-state index is -0.162. The Hall–Kier alpha value is -2.41. The van der Waals surface area contributed by atoms with Crippen molar-refractivity contribution in [2.45, 2.75) is 45.8 Å². The molecule has 2 amide bonds. The van der Waals surface area contributed by atoms with E-state index in [0.717, 1.165) is 51.4 Å². The molecule has 0 spiro atoms. The molecule has 3 rings (SSSR count). The minimum absolute atomic E-state index is 0.0510. The van der Waals surface area contributed by atoms with Crippen molar-refractivity contribution in [2.75, 3.05) is 26.7 Å². The Labute approximate surface area is 167 Å². The average Bonchev–Trinajstić information content (AvgIpc) is 3.19. The fourth-order valence-corrected chi connectivity index (χ4v) is 3.85. The van der Waals surface area contributed by atoms with Gasteiger partial charge in [0.2, 0.25) is 0 Å². The lowest BCUT2D eigenvalue weighted by molar-refractivity contribution is 0.149. The van der Waals surface area contributed by atoms with Crippen molar-refractivity contribution in [3.05, 3.63) is 48.0 Å². The zero-order valence-corrected chi connectivity index (χ0v) is 17.2. The highest BCUT2D eigenvalue weighted by Crippen LogP contribution is 2.20. The molecule has 7 heteroatoms. The lowest BCUT2D eigenvalue weighted by atomic mass is 9.96. The molecule has 0 saturated carbocycles. The van der Waals surface area contributed by atoms with E-state index in [1.54, 1.807) is 4.90 Å². The maximum absolute atomic E-state index is 12.6. The van der Waals surface area contributed by atoms with E-state index in [-0.39, 0.29) is 12.1 Å². The molecule has 0 unspecified atom stereocenters. The molecule has 1 atom stereocenters. The molecule has 2 aromatic rings. The summed E-state index contributed by atoms with van der Waals surface area (Å²) in [5, 5.41) is 7.22. The van der Waals surface area contributed by atoms with Gasteiger partial charge in [-0.05, 0) is 51.3 Å². The third-order valence-electron chi connectivity index (χ3n) is 5.51. The van der Waals surface area contributed by atoms with Crippen molar-refractivity contribution in [1.29, 1.82) is 0 Å². The quantitative estimate of drug-likeness (QED) is 0.797. The Kier molecular flexibility index (Phi) is 7.03. The molecule has 1 aliphatic rings. The van der Waals surface area contributed by atoms with Crippen LogP contribution in [0.3, 0.4) is 0 Å². The number of hydrogen-bond donors (Lipinski definition) is 1. The van der Waals surface area contributed by atoms with Crippen LogP contribution < -0.4 is 5.32 Å². The predicted octanol–water partition coefficient (Wildman–Crippen LogP) is 2.91. The summed E-state index contributed by atoms with van der Waals surface area (Å²) in [6.07, 6.45) is 3.79. The van der Waals surface area contributed by atoms with Gasteiger partial charge in [-0.2, -0.15) is 5.10 Å².